The van der Waals surface area contributed by atoms with E-state index in [1.807, 2.05) is 6.07 Å². The monoisotopic (exact) mass is 304 g/mol. The maximum Gasteiger partial charge on any atom is 0.305 e. The second kappa shape index (κ2) is 4.85. The van der Waals surface area contributed by atoms with Gasteiger partial charge in [-0.25, -0.2) is 0 Å². The number of esters is 1. The number of carbonyl (C=O) groups is 1. The number of carbonyl (C=O) groups excluding carboxylic acids is 1. The molecule has 0 amide bonds. The predicted octanol–water partition coefficient (Wildman–Crippen LogP) is 2.73. The van der Waals surface area contributed by atoms with E-state index in [1.165, 1.54) is 12.0 Å². The summed E-state index contributed by atoms with van der Waals surface area (Å²) in [6, 6.07) is 4.15. The minimum absolute atomic E-state index is 0.0326. The van der Waals surface area contributed by atoms with Crippen LogP contribution >= 0.6 is 27.3 Å². The molecule has 16 heavy (non-hydrogen) atoms. The summed E-state index contributed by atoms with van der Waals surface area (Å²) < 4.78 is 11.1. The second-order valence-electron chi connectivity index (χ2n) is 3.95. The molecule has 1 aliphatic rings. The molecular formula is C11H13BrO3S. The highest BCUT2D eigenvalue weighted by molar-refractivity contribution is 9.11. The molecule has 3 nitrogen and oxygen atoms in total. The van der Waals surface area contributed by atoms with E-state index >= 15 is 0 Å². The van der Waals surface area contributed by atoms with Gasteiger partial charge in [0.1, 0.15) is 0 Å². The van der Waals surface area contributed by atoms with Crippen LogP contribution in [-0.4, -0.2) is 26.3 Å². The Kier molecular flexibility index (Phi) is 3.66. The first-order valence-electron chi connectivity index (χ1n) is 5.07. The van der Waals surface area contributed by atoms with E-state index in [0.717, 1.165) is 10.2 Å². The Labute approximate surface area is 107 Å². The van der Waals surface area contributed by atoms with Crippen molar-refractivity contribution in [3.05, 3.63) is 20.8 Å². The number of methoxy groups -OCH3 is 1. The fourth-order valence-corrected chi connectivity index (χ4v) is 3.37. The van der Waals surface area contributed by atoms with Gasteiger partial charge in [-0.1, -0.05) is 0 Å². The SMILES string of the molecule is COC(=O)CCC1(c2ccc(Br)s2)COC1. The van der Waals surface area contributed by atoms with E-state index in [-0.39, 0.29) is 11.4 Å². The predicted molar refractivity (Wildman–Crippen MR) is 65.8 cm³/mol. The second-order valence-corrected chi connectivity index (χ2v) is 6.42. The molecule has 0 aromatic carbocycles. The van der Waals surface area contributed by atoms with Crippen molar-refractivity contribution in [1.82, 2.24) is 0 Å². The first-order valence-corrected chi connectivity index (χ1v) is 6.68. The molecule has 1 aliphatic heterocycles. The van der Waals surface area contributed by atoms with Gasteiger partial charge in [0, 0.05) is 11.3 Å². The summed E-state index contributed by atoms with van der Waals surface area (Å²) in [4.78, 5) is 12.5. The van der Waals surface area contributed by atoms with Crippen LogP contribution in [0.3, 0.4) is 0 Å². The molecule has 2 rings (SSSR count). The molecule has 5 heteroatoms. The molecule has 0 bridgehead atoms. The zero-order chi connectivity index (χ0) is 11.6. The molecule has 0 unspecified atom stereocenters. The Hall–Kier alpha value is -0.390. The Balaban J connectivity index is 2.05. The van der Waals surface area contributed by atoms with Crippen molar-refractivity contribution in [2.75, 3.05) is 20.3 Å². The van der Waals surface area contributed by atoms with Gasteiger partial charge in [-0.3, -0.25) is 4.79 Å². The van der Waals surface area contributed by atoms with Crippen LogP contribution in [0, 0.1) is 0 Å². The van der Waals surface area contributed by atoms with E-state index in [0.29, 0.717) is 19.6 Å². The quantitative estimate of drug-likeness (QED) is 0.802. The molecule has 1 saturated heterocycles. The molecule has 88 valence electrons. The Morgan fingerprint density at radius 2 is 2.38 bits per heavy atom. The molecule has 0 N–H and O–H groups in total. The fraction of sp³-hybridized carbons (Fsp3) is 0.545. The van der Waals surface area contributed by atoms with Gasteiger partial charge in [-0.2, -0.15) is 0 Å². The smallest absolute Gasteiger partial charge is 0.305 e. The van der Waals surface area contributed by atoms with E-state index in [4.69, 9.17) is 4.74 Å². The average molecular weight is 305 g/mol. The van der Waals surface area contributed by atoms with Gasteiger partial charge in [0.15, 0.2) is 0 Å². The van der Waals surface area contributed by atoms with Gasteiger partial charge in [0.25, 0.3) is 0 Å². The number of rotatable bonds is 4. The third-order valence-electron chi connectivity index (χ3n) is 2.89. The Bertz CT molecular complexity index is 384. The first-order chi connectivity index (χ1) is 7.66. The van der Waals surface area contributed by atoms with Crippen LogP contribution in [0.2, 0.25) is 0 Å². The summed E-state index contributed by atoms with van der Waals surface area (Å²) >= 11 is 5.17. The van der Waals surface area contributed by atoms with E-state index in [9.17, 15) is 4.79 Å². The van der Waals surface area contributed by atoms with Gasteiger partial charge in [-0.05, 0) is 34.5 Å². The van der Waals surface area contributed by atoms with Crippen LogP contribution in [-0.2, 0) is 19.7 Å². The van der Waals surface area contributed by atoms with E-state index in [1.54, 1.807) is 11.3 Å². The maximum absolute atomic E-state index is 11.2. The number of hydrogen-bond acceptors (Lipinski definition) is 4. The molecule has 0 saturated carbocycles. The van der Waals surface area contributed by atoms with Crippen molar-refractivity contribution >= 4 is 33.2 Å². The molecule has 1 aromatic heterocycles. The van der Waals surface area contributed by atoms with Crippen LogP contribution in [0.5, 0.6) is 0 Å². The minimum atomic E-state index is -0.151. The lowest BCUT2D eigenvalue weighted by atomic mass is 9.80. The summed E-state index contributed by atoms with van der Waals surface area (Å²) in [5, 5.41) is 0. The van der Waals surface area contributed by atoms with Crippen LogP contribution in [0.15, 0.2) is 15.9 Å². The first kappa shape index (κ1) is 12.1. The van der Waals surface area contributed by atoms with Crippen molar-refractivity contribution < 1.29 is 14.3 Å². The average Bonchev–Trinajstić information content (AvgIpc) is 2.63. The van der Waals surface area contributed by atoms with Gasteiger partial charge in [0.2, 0.25) is 0 Å². The lowest BCUT2D eigenvalue weighted by Crippen LogP contribution is -2.46. The highest BCUT2D eigenvalue weighted by atomic mass is 79.9. The normalized spacial score (nSPS) is 17.9. The summed E-state index contributed by atoms with van der Waals surface area (Å²) in [5.74, 6) is -0.151. The van der Waals surface area contributed by atoms with E-state index in [2.05, 4.69) is 26.7 Å². The lowest BCUT2D eigenvalue weighted by molar-refractivity contribution is -0.142. The molecule has 0 spiro atoms. The highest BCUT2D eigenvalue weighted by Crippen LogP contribution is 2.41. The fourth-order valence-electron chi connectivity index (χ4n) is 1.80. The topological polar surface area (TPSA) is 35.5 Å². The van der Waals surface area contributed by atoms with Crippen molar-refractivity contribution in [1.29, 1.82) is 0 Å². The Morgan fingerprint density at radius 1 is 1.62 bits per heavy atom. The van der Waals surface area contributed by atoms with Crippen LogP contribution < -0.4 is 0 Å². The number of hydrogen-bond donors (Lipinski definition) is 0. The number of thiophene rings is 1. The number of ether oxygens (including phenoxy) is 2. The van der Waals surface area contributed by atoms with Crippen LogP contribution in [0.25, 0.3) is 0 Å². The largest absolute Gasteiger partial charge is 0.469 e. The Morgan fingerprint density at radius 3 is 2.81 bits per heavy atom. The third-order valence-corrected chi connectivity index (χ3v) is 4.76. The van der Waals surface area contributed by atoms with Crippen molar-refractivity contribution in [3.8, 4) is 0 Å². The molecule has 2 heterocycles. The summed E-state index contributed by atoms with van der Waals surface area (Å²) in [6.07, 6.45) is 1.25. The zero-order valence-electron chi connectivity index (χ0n) is 8.99. The lowest BCUT2D eigenvalue weighted by Gasteiger charge is -2.40. The van der Waals surface area contributed by atoms with Gasteiger partial charge >= 0.3 is 5.97 Å². The zero-order valence-corrected chi connectivity index (χ0v) is 11.4. The highest BCUT2D eigenvalue weighted by Gasteiger charge is 2.41. The third kappa shape index (κ3) is 2.31. The molecule has 0 aliphatic carbocycles. The number of halogens is 1. The van der Waals surface area contributed by atoms with Crippen molar-refractivity contribution in [2.24, 2.45) is 0 Å². The molecule has 1 fully saturated rings. The minimum Gasteiger partial charge on any atom is -0.469 e. The standard InChI is InChI=1S/C11H13BrO3S/c1-14-10(13)4-5-11(6-15-7-11)8-2-3-9(12)16-8/h2-3H,4-7H2,1H3. The van der Waals surface area contributed by atoms with Crippen molar-refractivity contribution in [3.63, 3.8) is 0 Å². The summed E-state index contributed by atoms with van der Waals surface area (Å²) in [7, 11) is 1.42. The van der Waals surface area contributed by atoms with E-state index < -0.39 is 0 Å². The molecular weight excluding hydrogens is 292 g/mol. The van der Waals surface area contributed by atoms with Crippen LogP contribution in [0.1, 0.15) is 17.7 Å². The summed E-state index contributed by atoms with van der Waals surface area (Å²) in [5.41, 5.74) is 0.0326. The van der Waals surface area contributed by atoms with Crippen LogP contribution in [0.4, 0.5) is 0 Å². The van der Waals surface area contributed by atoms with Gasteiger partial charge in [0.05, 0.1) is 29.5 Å². The molecule has 1 aromatic rings. The maximum atomic E-state index is 11.2. The van der Waals surface area contributed by atoms with Gasteiger partial charge in [-0.15, -0.1) is 11.3 Å². The molecule has 0 atom stereocenters. The van der Waals surface area contributed by atoms with Crippen molar-refractivity contribution in [2.45, 2.75) is 18.3 Å². The molecule has 0 radical (unpaired) electrons. The summed E-state index contributed by atoms with van der Waals surface area (Å²) in [6.45, 7) is 1.41. The van der Waals surface area contributed by atoms with Gasteiger partial charge < -0.3 is 9.47 Å².